The third kappa shape index (κ3) is 3.91. The molecule has 0 radical (unpaired) electrons. The third-order valence-electron chi connectivity index (χ3n) is 3.24. The standard InChI is InChI=1S/C14H18N2O3S/c1-9-7-10(13(17)18)4-5-12(9)16-14(20)15-8-11-3-2-6-19-11/h4-5,7,11H,2-3,6,8H2,1H3,(H,17,18)(H2,15,16,20). The van der Waals surface area contributed by atoms with Gasteiger partial charge < -0.3 is 20.5 Å². The van der Waals surface area contributed by atoms with Gasteiger partial charge in [0.05, 0.1) is 11.7 Å². The Morgan fingerprint density at radius 1 is 1.55 bits per heavy atom. The Morgan fingerprint density at radius 2 is 2.35 bits per heavy atom. The topological polar surface area (TPSA) is 70.6 Å². The van der Waals surface area contributed by atoms with Gasteiger partial charge >= 0.3 is 5.97 Å². The van der Waals surface area contributed by atoms with Gasteiger partial charge in [0.2, 0.25) is 0 Å². The Morgan fingerprint density at radius 3 is 2.95 bits per heavy atom. The van der Waals surface area contributed by atoms with Crippen LogP contribution >= 0.6 is 12.2 Å². The van der Waals surface area contributed by atoms with Gasteiger partial charge in [0.1, 0.15) is 0 Å². The summed E-state index contributed by atoms with van der Waals surface area (Å²) in [5.41, 5.74) is 1.91. The minimum atomic E-state index is -0.932. The van der Waals surface area contributed by atoms with Crippen LogP contribution in [0.2, 0.25) is 0 Å². The molecule has 3 N–H and O–H groups in total. The lowest BCUT2D eigenvalue weighted by Crippen LogP contribution is -2.35. The number of ether oxygens (including phenoxy) is 1. The van der Waals surface area contributed by atoms with E-state index in [4.69, 9.17) is 22.1 Å². The second-order valence-electron chi connectivity index (χ2n) is 4.80. The average Bonchev–Trinajstić information content (AvgIpc) is 2.91. The SMILES string of the molecule is Cc1cc(C(=O)O)ccc1NC(=S)NCC1CCCO1. The smallest absolute Gasteiger partial charge is 0.335 e. The molecular weight excluding hydrogens is 276 g/mol. The van der Waals surface area contributed by atoms with Crippen LogP contribution in [0.4, 0.5) is 5.69 Å². The van der Waals surface area contributed by atoms with Crippen LogP contribution in [0.1, 0.15) is 28.8 Å². The van der Waals surface area contributed by atoms with E-state index in [0.717, 1.165) is 30.7 Å². The predicted molar refractivity (Wildman–Crippen MR) is 81.3 cm³/mol. The van der Waals surface area contributed by atoms with Crippen LogP contribution in [0, 0.1) is 6.92 Å². The molecule has 1 aromatic carbocycles. The molecule has 1 aromatic rings. The number of anilines is 1. The van der Waals surface area contributed by atoms with Crippen molar-refractivity contribution in [3.8, 4) is 0 Å². The molecule has 1 saturated heterocycles. The van der Waals surface area contributed by atoms with Crippen molar-refractivity contribution in [2.75, 3.05) is 18.5 Å². The number of nitrogens with one attached hydrogen (secondary N) is 2. The number of aryl methyl sites for hydroxylation is 1. The maximum atomic E-state index is 10.9. The third-order valence-corrected chi connectivity index (χ3v) is 3.48. The number of aromatic carboxylic acids is 1. The van der Waals surface area contributed by atoms with Crippen molar-refractivity contribution in [1.82, 2.24) is 5.32 Å². The molecule has 6 heteroatoms. The first kappa shape index (κ1) is 14.7. The number of benzene rings is 1. The first-order valence-electron chi connectivity index (χ1n) is 6.56. The highest BCUT2D eigenvalue weighted by molar-refractivity contribution is 7.80. The molecule has 1 aliphatic heterocycles. The average molecular weight is 294 g/mol. The Hall–Kier alpha value is -1.66. The summed E-state index contributed by atoms with van der Waals surface area (Å²) in [6, 6.07) is 4.90. The Labute approximate surface area is 123 Å². The molecule has 0 saturated carbocycles. The first-order chi connectivity index (χ1) is 9.56. The number of carboxylic acid groups (broad SMARTS) is 1. The van der Waals surface area contributed by atoms with Crippen LogP contribution in [-0.4, -0.2) is 35.4 Å². The molecule has 0 amide bonds. The summed E-state index contributed by atoms with van der Waals surface area (Å²) in [5, 5.41) is 15.6. The van der Waals surface area contributed by atoms with Crippen molar-refractivity contribution in [2.45, 2.75) is 25.9 Å². The molecule has 1 heterocycles. The van der Waals surface area contributed by atoms with E-state index in [9.17, 15) is 4.79 Å². The summed E-state index contributed by atoms with van der Waals surface area (Å²) in [4.78, 5) is 10.9. The van der Waals surface area contributed by atoms with Crippen LogP contribution < -0.4 is 10.6 Å². The highest BCUT2D eigenvalue weighted by atomic mass is 32.1. The summed E-state index contributed by atoms with van der Waals surface area (Å²) < 4.78 is 5.50. The molecule has 108 valence electrons. The normalized spacial score (nSPS) is 17.8. The molecule has 1 atom stereocenters. The Kier molecular flexibility index (Phi) is 4.92. The molecule has 1 fully saturated rings. The quantitative estimate of drug-likeness (QED) is 0.739. The second kappa shape index (κ2) is 6.67. The van der Waals surface area contributed by atoms with E-state index in [2.05, 4.69) is 10.6 Å². The summed E-state index contributed by atoms with van der Waals surface area (Å²) in [6.07, 6.45) is 2.38. The number of carboxylic acids is 1. The van der Waals surface area contributed by atoms with Gasteiger partial charge in [-0.05, 0) is 55.7 Å². The maximum absolute atomic E-state index is 10.9. The van der Waals surface area contributed by atoms with Gasteiger partial charge in [-0.25, -0.2) is 4.79 Å². The number of thiocarbonyl (C=S) groups is 1. The first-order valence-corrected chi connectivity index (χ1v) is 6.97. The molecule has 1 aliphatic rings. The van der Waals surface area contributed by atoms with Crippen LogP contribution in [-0.2, 0) is 4.74 Å². The van der Waals surface area contributed by atoms with Gasteiger partial charge in [-0.2, -0.15) is 0 Å². The van der Waals surface area contributed by atoms with Crippen molar-refractivity contribution in [3.63, 3.8) is 0 Å². The van der Waals surface area contributed by atoms with Gasteiger partial charge in [0, 0.05) is 18.8 Å². The Bertz CT molecular complexity index is 513. The highest BCUT2D eigenvalue weighted by Gasteiger charge is 2.15. The molecule has 20 heavy (non-hydrogen) atoms. The van der Waals surface area contributed by atoms with E-state index >= 15 is 0 Å². The van der Waals surface area contributed by atoms with Gasteiger partial charge in [-0.15, -0.1) is 0 Å². The van der Waals surface area contributed by atoms with Gasteiger partial charge in [-0.1, -0.05) is 0 Å². The van der Waals surface area contributed by atoms with Crippen molar-refractivity contribution >= 4 is 29.0 Å². The summed E-state index contributed by atoms with van der Waals surface area (Å²) in [6.45, 7) is 3.36. The molecule has 2 rings (SSSR count). The van der Waals surface area contributed by atoms with E-state index in [1.165, 1.54) is 0 Å². The predicted octanol–water partition coefficient (Wildman–Crippen LogP) is 2.16. The second-order valence-corrected chi connectivity index (χ2v) is 5.21. The van der Waals surface area contributed by atoms with Crippen molar-refractivity contribution in [3.05, 3.63) is 29.3 Å². The lowest BCUT2D eigenvalue weighted by Gasteiger charge is -2.15. The summed E-state index contributed by atoms with van der Waals surface area (Å²) in [7, 11) is 0. The molecular formula is C14H18N2O3S. The largest absolute Gasteiger partial charge is 0.478 e. The van der Waals surface area contributed by atoms with Gasteiger partial charge in [-0.3, -0.25) is 0 Å². The van der Waals surface area contributed by atoms with Crippen molar-refractivity contribution in [2.24, 2.45) is 0 Å². The molecule has 0 bridgehead atoms. The molecule has 0 spiro atoms. The fourth-order valence-corrected chi connectivity index (χ4v) is 2.31. The number of rotatable bonds is 4. The minimum absolute atomic E-state index is 0.227. The van der Waals surface area contributed by atoms with Gasteiger partial charge in [0.25, 0.3) is 0 Å². The van der Waals surface area contributed by atoms with Crippen molar-refractivity contribution < 1.29 is 14.6 Å². The number of carbonyl (C=O) groups is 1. The van der Waals surface area contributed by atoms with E-state index in [1.54, 1.807) is 18.2 Å². The van der Waals surface area contributed by atoms with Crippen LogP contribution in [0.15, 0.2) is 18.2 Å². The van der Waals surface area contributed by atoms with E-state index in [0.29, 0.717) is 11.7 Å². The lowest BCUT2D eigenvalue weighted by molar-refractivity contribution is 0.0697. The maximum Gasteiger partial charge on any atom is 0.335 e. The fourth-order valence-electron chi connectivity index (χ4n) is 2.12. The van der Waals surface area contributed by atoms with Crippen LogP contribution in [0.5, 0.6) is 0 Å². The minimum Gasteiger partial charge on any atom is -0.478 e. The van der Waals surface area contributed by atoms with Crippen LogP contribution in [0.3, 0.4) is 0 Å². The number of hydrogen-bond acceptors (Lipinski definition) is 3. The van der Waals surface area contributed by atoms with E-state index < -0.39 is 5.97 Å². The zero-order valence-corrected chi connectivity index (χ0v) is 12.1. The summed E-state index contributed by atoms with van der Waals surface area (Å²) >= 11 is 5.22. The van der Waals surface area contributed by atoms with E-state index in [-0.39, 0.29) is 11.7 Å². The molecule has 0 aliphatic carbocycles. The number of hydrogen-bond donors (Lipinski definition) is 3. The van der Waals surface area contributed by atoms with E-state index in [1.807, 2.05) is 6.92 Å². The van der Waals surface area contributed by atoms with Gasteiger partial charge in [0.15, 0.2) is 5.11 Å². The summed E-state index contributed by atoms with van der Waals surface area (Å²) in [5.74, 6) is -0.932. The monoisotopic (exact) mass is 294 g/mol. The zero-order valence-electron chi connectivity index (χ0n) is 11.3. The lowest BCUT2D eigenvalue weighted by atomic mass is 10.1. The molecule has 0 aromatic heterocycles. The van der Waals surface area contributed by atoms with Crippen LogP contribution in [0.25, 0.3) is 0 Å². The van der Waals surface area contributed by atoms with Crippen molar-refractivity contribution in [1.29, 1.82) is 0 Å². The molecule has 5 nitrogen and oxygen atoms in total. The highest BCUT2D eigenvalue weighted by Crippen LogP contribution is 2.16. The zero-order chi connectivity index (χ0) is 14.5. The fraction of sp³-hybridized carbons (Fsp3) is 0.429. The Balaban J connectivity index is 1.88. The molecule has 1 unspecified atom stereocenters.